The average Bonchev–Trinajstić information content (AvgIpc) is 2.94. The van der Waals surface area contributed by atoms with E-state index in [1.807, 2.05) is 0 Å². The molecule has 1 aromatic heterocycles. The number of piperidine rings is 1. The Hall–Kier alpha value is -0.870. The van der Waals surface area contributed by atoms with Crippen LogP contribution in [0.4, 0.5) is 0 Å². The highest BCUT2D eigenvalue weighted by Gasteiger charge is 2.22. The van der Waals surface area contributed by atoms with Crippen LogP contribution in [0.3, 0.4) is 0 Å². The summed E-state index contributed by atoms with van der Waals surface area (Å²) < 4.78 is 2.11. The summed E-state index contributed by atoms with van der Waals surface area (Å²) in [6.45, 7) is 11.0. The third-order valence-electron chi connectivity index (χ3n) is 4.45. The van der Waals surface area contributed by atoms with Crippen LogP contribution in [0.5, 0.6) is 0 Å². The van der Waals surface area contributed by atoms with Crippen LogP contribution in [0, 0.1) is 0 Å². The van der Waals surface area contributed by atoms with Gasteiger partial charge in [-0.2, -0.15) is 5.10 Å². The van der Waals surface area contributed by atoms with Crippen molar-refractivity contribution in [3.63, 3.8) is 0 Å². The third-order valence-corrected chi connectivity index (χ3v) is 4.45. The van der Waals surface area contributed by atoms with Crippen LogP contribution in [0.1, 0.15) is 58.2 Å². The zero-order valence-electron chi connectivity index (χ0n) is 13.3. The van der Waals surface area contributed by atoms with E-state index >= 15 is 0 Å². The maximum atomic E-state index is 4.74. The highest BCUT2D eigenvalue weighted by molar-refractivity contribution is 5.00. The van der Waals surface area contributed by atoms with Crippen molar-refractivity contribution >= 4 is 0 Å². The molecule has 4 heteroatoms. The van der Waals surface area contributed by atoms with Crippen molar-refractivity contribution < 1.29 is 0 Å². The molecule has 1 aliphatic rings. The average molecular weight is 278 g/mol. The molecular weight excluding hydrogens is 248 g/mol. The molecule has 20 heavy (non-hydrogen) atoms. The van der Waals surface area contributed by atoms with Gasteiger partial charge in [0.25, 0.3) is 0 Å². The van der Waals surface area contributed by atoms with E-state index in [-0.39, 0.29) is 0 Å². The van der Waals surface area contributed by atoms with Crippen molar-refractivity contribution in [2.45, 2.75) is 65.1 Å². The molecule has 0 spiro atoms. The fraction of sp³-hybridized carbons (Fsp3) is 0.812. The van der Waals surface area contributed by atoms with Gasteiger partial charge in [-0.05, 0) is 45.3 Å². The lowest BCUT2D eigenvalue weighted by Crippen LogP contribution is -2.45. The summed E-state index contributed by atoms with van der Waals surface area (Å²) in [4.78, 5) is 2.61. The van der Waals surface area contributed by atoms with Gasteiger partial charge in [0.15, 0.2) is 0 Å². The van der Waals surface area contributed by atoms with Gasteiger partial charge in [-0.3, -0.25) is 9.58 Å². The second-order valence-electron chi connectivity index (χ2n) is 5.97. The molecule has 114 valence electrons. The van der Waals surface area contributed by atoms with Gasteiger partial charge in [-0.15, -0.1) is 0 Å². The first kappa shape index (κ1) is 15.5. The maximum absolute atomic E-state index is 4.74. The molecule has 0 saturated carbocycles. The largest absolute Gasteiger partial charge is 0.315 e. The van der Waals surface area contributed by atoms with Gasteiger partial charge in [0, 0.05) is 31.4 Å². The van der Waals surface area contributed by atoms with Crippen LogP contribution in [-0.2, 0) is 6.54 Å². The lowest BCUT2D eigenvalue weighted by atomic mass is 10.0. The van der Waals surface area contributed by atoms with E-state index in [1.54, 1.807) is 0 Å². The molecule has 0 aromatic carbocycles. The van der Waals surface area contributed by atoms with Crippen molar-refractivity contribution in [1.82, 2.24) is 20.0 Å². The molecule has 2 rings (SSSR count). The van der Waals surface area contributed by atoms with Crippen molar-refractivity contribution in [1.29, 1.82) is 0 Å². The molecule has 2 heterocycles. The highest BCUT2D eigenvalue weighted by Crippen LogP contribution is 2.19. The highest BCUT2D eigenvalue weighted by atomic mass is 15.3. The third kappa shape index (κ3) is 4.06. The topological polar surface area (TPSA) is 33.1 Å². The van der Waals surface area contributed by atoms with Crippen LogP contribution in [0.2, 0.25) is 0 Å². The summed E-state index contributed by atoms with van der Waals surface area (Å²) in [5, 5.41) is 8.24. The normalized spacial score (nSPS) is 22.1. The molecule has 1 N–H and O–H groups in total. The molecule has 0 amide bonds. The Morgan fingerprint density at radius 2 is 2.25 bits per heavy atom. The SMILES string of the molecule is CCNCC1CCCCN1Cc1ccn(C(C)CC)n1. The van der Waals surface area contributed by atoms with Gasteiger partial charge < -0.3 is 5.32 Å². The number of hydrogen-bond donors (Lipinski definition) is 1. The van der Waals surface area contributed by atoms with Gasteiger partial charge in [0.05, 0.1) is 5.69 Å². The Morgan fingerprint density at radius 1 is 1.40 bits per heavy atom. The Morgan fingerprint density at radius 3 is 3.00 bits per heavy atom. The zero-order valence-corrected chi connectivity index (χ0v) is 13.3. The molecule has 2 unspecified atom stereocenters. The lowest BCUT2D eigenvalue weighted by molar-refractivity contribution is 0.136. The number of nitrogens with one attached hydrogen (secondary N) is 1. The first-order valence-electron chi connectivity index (χ1n) is 8.23. The molecule has 4 nitrogen and oxygen atoms in total. The molecule has 0 radical (unpaired) electrons. The van der Waals surface area contributed by atoms with Crippen LogP contribution >= 0.6 is 0 Å². The second kappa shape index (κ2) is 7.79. The lowest BCUT2D eigenvalue weighted by Gasteiger charge is -2.35. The fourth-order valence-electron chi connectivity index (χ4n) is 2.91. The van der Waals surface area contributed by atoms with E-state index in [0.717, 1.165) is 26.1 Å². The van der Waals surface area contributed by atoms with Crippen molar-refractivity contribution in [2.24, 2.45) is 0 Å². The first-order chi connectivity index (χ1) is 9.74. The summed E-state index contributed by atoms with van der Waals surface area (Å²) in [6, 6.07) is 3.37. The fourth-order valence-corrected chi connectivity index (χ4v) is 2.91. The van der Waals surface area contributed by atoms with Crippen LogP contribution in [0.15, 0.2) is 12.3 Å². The molecule has 0 aliphatic carbocycles. The van der Waals surface area contributed by atoms with E-state index in [4.69, 9.17) is 5.10 Å². The molecule has 2 atom stereocenters. The van der Waals surface area contributed by atoms with Crippen molar-refractivity contribution in [3.05, 3.63) is 18.0 Å². The van der Waals surface area contributed by atoms with E-state index in [9.17, 15) is 0 Å². The van der Waals surface area contributed by atoms with E-state index in [2.05, 4.69) is 47.9 Å². The smallest absolute Gasteiger partial charge is 0.0765 e. The predicted octanol–water partition coefficient (Wildman–Crippen LogP) is 2.82. The quantitative estimate of drug-likeness (QED) is 0.832. The van der Waals surface area contributed by atoms with Crippen molar-refractivity contribution in [2.75, 3.05) is 19.6 Å². The standard InChI is InChI=1S/C16H30N4/c1-4-14(3)20-11-9-15(18-20)13-19-10-7-6-8-16(19)12-17-5-2/h9,11,14,16-17H,4-8,10,12-13H2,1-3H3. The molecule has 1 fully saturated rings. The summed E-state index contributed by atoms with van der Waals surface area (Å²) in [5.74, 6) is 0. The minimum atomic E-state index is 0.502. The number of rotatable bonds is 7. The molecule has 1 aliphatic heterocycles. The summed E-state index contributed by atoms with van der Waals surface area (Å²) >= 11 is 0. The Bertz CT molecular complexity index is 388. The first-order valence-corrected chi connectivity index (χ1v) is 8.23. The van der Waals surface area contributed by atoms with Gasteiger partial charge in [-0.1, -0.05) is 20.3 Å². The number of likely N-dealkylation sites (N-methyl/N-ethyl adjacent to an activating group) is 1. The van der Waals surface area contributed by atoms with Crippen LogP contribution < -0.4 is 5.32 Å². The van der Waals surface area contributed by atoms with E-state index < -0.39 is 0 Å². The Kier molecular flexibility index (Phi) is 6.05. The van der Waals surface area contributed by atoms with Gasteiger partial charge in [0.2, 0.25) is 0 Å². The molecular formula is C16H30N4. The Labute approximate surface area is 123 Å². The predicted molar refractivity (Wildman–Crippen MR) is 83.8 cm³/mol. The van der Waals surface area contributed by atoms with Gasteiger partial charge in [-0.25, -0.2) is 0 Å². The van der Waals surface area contributed by atoms with Crippen LogP contribution in [0.25, 0.3) is 0 Å². The summed E-state index contributed by atoms with van der Waals surface area (Å²) in [5.41, 5.74) is 1.22. The van der Waals surface area contributed by atoms with Gasteiger partial charge >= 0.3 is 0 Å². The van der Waals surface area contributed by atoms with E-state index in [1.165, 1.54) is 31.5 Å². The monoisotopic (exact) mass is 278 g/mol. The number of hydrogen-bond acceptors (Lipinski definition) is 3. The van der Waals surface area contributed by atoms with Gasteiger partial charge in [0.1, 0.15) is 0 Å². The molecule has 1 saturated heterocycles. The van der Waals surface area contributed by atoms with Crippen LogP contribution in [-0.4, -0.2) is 40.4 Å². The number of nitrogens with zero attached hydrogens (tertiary/aromatic N) is 3. The summed E-state index contributed by atoms with van der Waals surface area (Å²) in [6.07, 6.45) is 7.28. The minimum absolute atomic E-state index is 0.502. The summed E-state index contributed by atoms with van der Waals surface area (Å²) in [7, 11) is 0. The maximum Gasteiger partial charge on any atom is 0.0765 e. The minimum Gasteiger partial charge on any atom is -0.315 e. The number of likely N-dealkylation sites (tertiary alicyclic amines) is 1. The number of aromatic nitrogens is 2. The molecule has 0 bridgehead atoms. The second-order valence-corrected chi connectivity index (χ2v) is 5.97. The van der Waals surface area contributed by atoms with E-state index in [0.29, 0.717) is 12.1 Å². The zero-order chi connectivity index (χ0) is 14.4. The van der Waals surface area contributed by atoms with Crippen molar-refractivity contribution in [3.8, 4) is 0 Å². The molecule has 1 aromatic rings. The Balaban J connectivity index is 1.94.